The highest BCUT2D eigenvalue weighted by Gasteiger charge is 2.20. The van der Waals surface area contributed by atoms with Crippen LogP contribution in [0.1, 0.15) is 36.1 Å². The number of carbonyl (C=O) groups is 1. The zero-order valence-corrected chi connectivity index (χ0v) is 10.3. The van der Waals surface area contributed by atoms with Crippen molar-refractivity contribution in [2.75, 3.05) is 0 Å². The normalized spacial score (nSPS) is 12.2. The molecule has 5 nitrogen and oxygen atoms in total. The molecular weight excluding hydrogens is 224 g/mol. The first-order chi connectivity index (χ1) is 7.60. The SMILES string of the molecule is CCc1nnsc1C(=O)NC(C#N)C(C)C. The van der Waals surface area contributed by atoms with Gasteiger partial charge in [0.2, 0.25) is 0 Å². The van der Waals surface area contributed by atoms with Crippen LogP contribution in [0.4, 0.5) is 0 Å². The summed E-state index contributed by atoms with van der Waals surface area (Å²) in [7, 11) is 0. The fourth-order valence-corrected chi connectivity index (χ4v) is 1.82. The minimum Gasteiger partial charge on any atom is -0.335 e. The second kappa shape index (κ2) is 5.56. The van der Waals surface area contributed by atoms with Crippen LogP contribution in [0.2, 0.25) is 0 Å². The van der Waals surface area contributed by atoms with Gasteiger partial charge >= 0.3 is 0 Å². The van der Waals surface area contributed by atoms with Gasteiger partial charge in [-0.05, 0) is 23.9 Å². The van der Waals surface area contributed by atoms with Gasteiger partial charge in [0.25, 0.3) is 5.91 Å². The Bertz CT molecular complexity index is 407. The minimum absolute atomic E-state index is 0.0832. The quantitative estimate of drug-likeness (QED) is 0.859. The lowest BCUT2D eigenvalue weighted by molar-refractivity contribution is 0.0940. The number of nitrogens with one attached hydrogen (secondary N) is 1. The van der Waals surface area contributed by atoms with Gasteiger partial charge in [0, 0.05) is 0 Å². The van der Waals surface area contributed by atoms with Crippen LogP contribution in [-0.2, 0) is 6.42 Å². The van der Waals surface area contributed by atoms with Crippen LogP contribution < -0.4 is 5.32 Å². The van der Waals surface area contributed by atoms with Crippen LogP contribution in [0.25, 0.3) is 0 Å². The molecule has 0 spiro atoms. The molecule has 0 radical (unpaired) electrons. The van der Waals surface area contributed by atoms with Gasteiger partial charge in [-0.2, -0.15) is 5.26 Å². The summed E-state index contributed by atoms with van der Waals surface area (Å²) in [5.41, 5.74) is 0.683. The van der Waals surface area contributed by atoms with Crippen molar-refractivity contribution in [3.05, 3.63) is 10.6 Å². The molecule has 0 aromatic carbocycles. The Morgan fingerprint density at radius 1 is 1.62 bits per heavy atom. The maximum Gasteiger partial charge on any atom is 0.265 e. The molecule has 0 fully saturated rings. The Kier molecular flexibility index (Phi) is 4.38. The zero-order chi connectivity index (χ0) is 12.1. The summed E-state index contributed by atoms with van der Waals surface area (Å²) in [4.78, 5) is 12.3. The van der Waals surface area contributed by atoms with Crippen molar-refractivity contribution in [1.82, 2.24) is 14.9 Å². The number of hydrogen-bond donors (Lipinski definition) is 1. The molecule has 1 rings (SSSR count). The molecule has 86 valence electrons. The van der Waals surface area contributed by atoms with Crippen molar-refractivity contribution in [2.45, 2.75) is 33.2 Å². The van der Waals surface area contributed by atoms with E-state index in [1.165, 1.54) is 0 Å². The molecule has 1 aromatic rings. The van der Waals surface area contributed by atoms with Crippen LogP contribution in [-0.4, -0.2) is 21.5 Å². The number of nitriles is 1. The monoisotopic (exact) mass is 238 g/mol. The van der Waals surface area contributed by atoms with E-state index in [1.807, 2.05) is 20.8 Å². The molecule has 1 heterocycles. The number of carbonyl (C=O) groups excluding carboxylic acids is 1. The van der Waals surface area contributed by atoms with Gasteiger partial charge in [-0.25, -0.2) is 0 Å². The molecule has 0 aliphatic rings. The molecule has 0 aliphatic carbocycles. The van der Waals surface area contributed by atoms with Crippen molar-refractivity contribution < 1.29 is 4.79 Å². The third kappa shape index (κ3) is 2.76. The highest BCUT2D eigenvalue weighted by Crippen LogP contribution is 2.12. The van der Waals surface area contributed by atoms with E-state index in [1.54, 1.807) is 0 Å². The van der Waals surface area contributed by atoms with Crippen molar-refractivity contribution in [3.63, 3.8) is 0 Å². The van der Waals surface area contributed by atoms with E-state index < -0.39 is 6.04 Å². The molecule has 1 atom stereocenters. The van der Waals surface area contributed by atoms with Gasteiger partial charge < -0.3 is 5.32 Å². The number of aromatic nitrogens is 2. The van der Waals surface area contributed by atoms with E-state index in [0.717, 1.165) is 11.5 Å². The van der Waals surface area contributed by atoms with Gasteiger partial charge in [0.15, 0.2) is 0 Å². The van der Waals surface area contributed by atoms with Crippen molar-refractivity contribution in [3.8, 4) is 6.07 Å². The van der Waals surface area contributed by atoms with E-state index in [0.29, 0.717) is 17.0 Å². The Labute approximate surface area is 98.6 Å². The molecule has 0 aliphatic heterocycles. The van der Waals surface area contributed by atoms with E-state index in [-0.39, 0.29) is 11.8 Å². The van der Waals surface area contributed by atoms with Crippen molar-refractivity contribution in [2.24, 2.45) is 5.92 Å². The van der Waals surface area contributed by atoms with E-state index in [9.17, 15) is 4.79 Å². The maximum atomic E-state index is 11.8. The lowest BCUT2D eigenvalue weighted by Crippen LogP contribution is -2.37. The van der Waals surface area contributed by atoms with Gasteiger partial charge in [-0.3, -0.25) is 4.79 Å². The predicted octanol–water partition coefficient (Wildman–Crippen LogP) is 1.38. The molecule has 0 saturated carbocycles. The third-order valence-electron chi connectivity index (χ3n) is 2.19. The predicted molar refractivity (Wildman–Crippen MR) is 61.0 cm³/mol. The fraction of sp³-hybridized carbons (Fsp3) is 0.600. The number of amides is 1. The van der Waals surface area contributed by atoms with E-state index >= 15 is 0 Å². The van der Waals surface area contributed by atoms with Crippen LogP contribution in [0.5, 0.6) is 0 Å². The number of rotatable bonds is 4. The van der Waals surface area contributed by atoms with Crippen LogP contribution in [0.15, 0.2) is 0 Å². The molecule has 0 saturated heterocycles. The molecule has 0 bridgehead atoms. The molecular formula is C10H14N4OS. The molecule has 1 amide bonds. The molecule has 1 unspecified atom stereocenters. The summed E-state index contributed by atoms with van der Waals surface area (Å²) in [5, 5.41) is 15.4. The summed E-state index contributed by atoms with van der Waals surface area (Å²) in [6.45, 7) is 5.69. The second-order valence-electron chi connectivity index (χ2n) is 3.73. The lowest BCUT2D eigenvalue weighted by Gasteiger charge is -2.14. The van der Waals surface area contributed by atoms with Gasteiger partial charge in [-0.1, -0.05) is 25.3 Å². The average molecular weight is 238 g/mol. The molecule has 1 aromatic heterocycles. The van der Waals surface area contributed by atoms with Gasteiger partial charge in [0.1, 0.15) is 10.9 Å². The first-order valence-corrected chi connectivity index (χ1v) is 5.89. The topological polar surface area (TPSA) is 78.7 Å². The van der Waals surface area contributed by atoms with Crippen molar-refractivity contribution in [1.29, 1.82) is 5.26 Å². The van der Waals surface area contributed by atoms with Crippen LogP contribution >= 0.6 is 11.5 Å². The first-order valence-electron chi connectivity index (χ1n) is 5.11. The fourth-order valence-electron chi connectivity index (χ4n) is 1.17. The largest absolute Gasteiger partial charge is 0.335 e. The second-order valence-corrected chi connectivity index (χ2v) is 4.48. The number of aryl methyl sites for hydroxylation is 1. The van der Waals surface area contributed by atoms with E-state index in [4.69, 9.17) is 5.26 Å². The van der Waals surface area contributed by atoms with E-state index in [2.05, 4.69) is 21.0 Å². The average Bonchev–Trinajstić information content (AvgIpc) is 2.72. The minimum atomic E-state index is -0.473. The smallest absolute Gasteiger partial charge is 0.265 e. The van der Waals surface area contributed by atoms with Crippen LogP contribution in [0, 0.1) is 17.2 Å². The lowest BCUT2D eigenvalue weighted by atomic mass is 10.1. The third-order valence-corrected chi connectivity index (χ3v) is 2.96. The highest BCUT2D eigenvalue weighted by atomic mass is 32.1. The Hall–Kier alpha value is -1.48. The Morgan fingerprint density at radius 2 is 2.31 bits per heavy atom. The summed E-state index contributed by atoms with van der Waals surface area (Å²) in [5.74, 6) is -0.174. The summed E-state index contributed by atoms with van der Waals surface area (Å²) in [6, 6.07) is 1.59. The Morgan fingerprint density at radius 3 is 2.81 bits per heavy atom. The first kappa shape index (κ1) is 12.6. The van der Waals surface area contributed by atoms with Crippen molar-refractivity contribution >= 4 is 17.4 Å². The summed E-state index contributed by atoms with van der Waals surface area (Å²) >= 11 is 1.06. The molecule has 16 heavy (non-hydrogen) atoms. The van der Waals surface area contributed by atoms with Gasteiger partial charge in [0.05, 0.1) is 11.8 Å². The summed E-state index contributed by atoms with van der Waals surface area (Å²) < 4.78 is 3.74. The standard InChI is InChI=1S/C10H14N4OS/c1-4-7-9(16-14-13-7)10(15)12-8(5-11)6(2)3/h6,8H,4H2,1-3H3,(H,12,15). The number of hydrogen-bond acceptors (Lipinski definition) is 5. The van der Waals surface area contributed by atoms with Gasteiger partial charge in [-0.15, -0.1) is 5.10 Å². The van der Waals surface area contributed by atoms with Crippen LogP contribution in [0.3, 0.4) is 0 Å². The number of nitrogens with zero attached hydrogens (tertiary/aromatic N) is 3. The maximum absolute atomic E-state index is 11.8. The highest BCUT2D eigenvalue weighted by molar-refractivity contribution is 7.08. The molecule has 1 N–H and O–H groups in total. The molecule has 6 heteroatoms. The zero-order valence-electron chi connectivity index (χ0n) is 9.52. The Balaban J connectivity index is 2.76. The summed E-state index contributed by atoms with van der Waals surface area (Å²) in [6.07, 6.45) is 0.665.